The fourth-order valence-electron chi connectivity index (χ4n) is 9.33. The van der Waals surface area contributed by atoms with Gasteiger partial charge in [0.05, 0.1) is 18.4 Å². The van der Waals surface area contributed by atoms with Gasteiger partial charge in [-0.05, 0) is 118 Å². The molecule has 1 aromatic heterocycles. The lowest BCUT2D eigenvalue weighted by Crippen LogP contribution is -2.52. The van der Waals surface area contributed by atoms with Gasteiger partial charge in [-0.15, -0.1) is 0 Å². The summed E-state index contributed by atoms with van der Waals surface area (Å²) >= 11 is 0. The maximum Gasteiger partial charge on any atom is 0.138 e. The molecule has 0 unspecified atom stereocenters. The maximum atomic E-state index is 11.1. The fourth-order valence-corrected chi connectivity index (χ4v) is 9.33. The highest BCUT2D eigenvalue weighted by molar-refractivity contribution is 5.18. The lowest BCUT2D eigenvalue weighted by Gasteiger charge is -2.57. The molecule has 1 N–H and O–H groups in total. The van der Waals surface area contributed by atoms with Crippen LogP contribution in [0, 0.1) is 58.2 Å². The Morgan fingerprint density at radius 1 is 1.18 bits per heavy atom. The second kappa shape index (κ2) is 9.00. The van der Waals surface area contributed by atoms with Crippen molar-refractivity contribution < 1.29 is 9.84 Å². The quantitative estimate of drug-likeness (QED) is 0.624. The largest absolute Gasteiger partial charge is 0.387 e. The summed E-state index contributed by atoms with van der Waals surface area (Å²) in [6, 6.07) is 4.12. The predicted octanol–water partition coefficient (Wildman–Crippen LogP) is 5.43. The molecule has 5 nitrogen and oxygen atoms in total. The molecule has 33 heavy (non-hydrogen) atoms. The minimum absolute atomic E-state index is 0.428. The van der Waals surface area contributed by atoms with Crippen molar-refractivity contribution in [2.75, 3.05) is 13.2 Å². The van der Waals surface area contributed by atoms with E-state index in [-0.39, 0.29) is 0 Å². The first kappa shape index (κ1) is 23.4. The molecular weight excluding hydrogens is 410 g/mol. The third-order valence-electron chi connectivity index (χ3n) is 10.7. The number of nitriles is 1. The summed E-state index contributed by atoms with van der Waals surface area (Å²) in [5, 5.41) is 24.9. The number of aliphatic hydroxyl groups is 1. The molecule has 4 fully saturated rings. The maximum absolute atomic E-state index is 11.1. The normalized spacial score (nSPS) is 43.2. The molecule has 4 saturated carbocycles. The van der Waals surface area contributed by atoms with Crippen LogP contribution in [0.3, 0.4) is 0 Å². The average Bonchev–Trinajstić information content (AvgIpc) is 3.40. The van der Waals surface area contributed by atoms with Crippen LogP contribution in [0.5, 0.6) is 0 Å². The fraction of sp³-hybridized carbons (Fsp3) is 0.857. The van der Waals surface area contributed by atoms with Crippen LogP contribution >= 0.6 is 0 Å². The van der Waals surface area contributed by atoms with Gasteiger partial charge in [0, 0.05) is 13.2 Å². The standard InChI is InChI=1S/C28H43N3O2/c1-4-33-18-28(32)13-10-22-20(15-28)5-6-24-23(22)9-12-27(3)25(7-8-26(24)27)19(2)17-31-21(16-29)11-14-30-31/h11,14,19-20,22-26,32H,4-10,12-13,15,17-18H2,1-3H3/t19-,20+,22-,23+,24+,25+,26-,27+,28+/m0/s1. The first-order valence-electron chi connectivity index (χ1n) is 13.6. The van der Waals surface area contributed by atoms with E-state index in [4.69, 9.17) is 4.74 Å². The summed E-state index contributed by atoms with van der Waals surface area (Å²) in [5.74, 6) is 5.36. The minimum Gasteiger partial charge on any atom is -0.387 e. The minimum atomic E-state index is -0.587. The van der Waals surface area contributed by atoms with Crippen LogP contribution < -0.4 is 0 Å². The molecule has 5 rings (SSSR count). The van der Waals surface area contributed by atoms with Gasteiger partial charge in [0.15, 0.2) is 0 Å². The Hall–Kier alpha value is -1.38. The van der Waals surface area contributed by atoms with E-state index in [1.54, 1.807) is 6.20 Å². The van der Waals surface area contributed by atoms with Crippen LogP contribution in [0.1, 0.15) is 84.3 Å². The second-order valence-corrected chi connectivity index (χ2v) is 12.3. The Kier molecular flexibility index (Phi) is 6.38. The first-order valence-corrected chi connectivity index (χ1v) is 13.6. The van der Waals surface area contributed by atoms with Crippen molar-refractivity contribution in [1.29, 1.82) is 5.26 Å². The number of fused-ring (bicyclic) bond motifs is 5. The Labute approximate surface area is 199 Å². The van der Waals surface area contributed by atoms with Gasteiger partial charge < -0.3 is 9.84 Å². The highest BCUT2D eigenvalue weighted by Crippen LogP contribution is 2.65. The highest BCUT2D eigenvalue weighted by atomic mass is 16.5. The van der Waals surface area contributed by atoms with Crippen molar-refractivity contribution >= 4 is 0 Å². The Morgan fingerprint density at radius 3 is 2.79 bits per heavy atom. The molecule has 0 spiro atoms. The van der Waals surface area contributed by atoms with Gasteiger partial charge in [0.2, 0.25) is 0 Å². The van der Waals surface area contributed by atoms with Crippen molar-refractivity contribution in [3.8, 4) is 6.07 Å². The summed E-state index contributed by atoms with van der Waals surface area (Å²) in [6.45, 7) is 9.09. The summed E-state index contributed by atoms with van der Waals surface area (Å²) in [4.78, 5) is 0. The number of hydrogen-bond donors (Lipinski definition) is 1. The van der Waals surface area contributed by atoms with Crippen LogP contribution in [0.25, 0.3) is 0 Å². The van der Waals surface area contributed by atoms with E-state index in [1.807, 2.05) is 17.7 Å². The molecule has 5 heteroatoms. The van der Waals surface area contributed by atoms with Crippen LogP contribution in [0.2, 0.25) is 0 Å². The Balaban J connectivity index is 1.27. The Bertz CT molecular complexity index is 877. The lowest BCUT2D eigenvalue weighted by atomic mass is 9.48. The molecule has 1 heterocycles. The van der Waals surface area contributed by atoms with Gasteiger partial charge in [0.25, 0.3) is 0 Å². The van der Waals surface area contributed by atoms with E-state index >= 15 is 0 Å². The smallest absolute Gasteiger partial charge is 0.138 e. The van der Waals surface area contributed by atoms with E-state index in [9.17, 15) is 10.4 Å². The van der Waals surface area contributed by atoms with E-state index in [2.05, 4.69) is 25.0 Å². The summed E-state index contributed by atoms with van der Waals surface area (Å²) in [6.07, 6.45) is 12.9. The van der Waals surface area contributed by atoms with Gasteiger partial charge in [-0.1, -0.05) is 13.8 Å². The predicted molar refractivity (Wildman–Crippen MR) is 128 cm³/mol. The second-order valence-electron chi connectivity index (χ2n) is 12.3. The van der Waals surface area contributed by atoms with Gasteiger partial charge in [0.1, 0.15) is 11.8 Å². The van der Waals surface area contributed by atoms with Crippen molar-refractivity contribution in [1.82, 2.24) is 9.78 Å². The highest BCUT2D eigenvalue weighted by Gasteiger charge is 2.58. The molecule has 0 radical (unpaired) electrons. The molecule has 0 aromatic carbocycles. The van der Waals surface area contributed by atoms with Crippen LogP contribution in [0.15, 0.2) is 12.3 Å². The SMILES string of the molecule is CCOC[C@@]1(O)CC[C@H]2[C@H](CC[C@@H]3[C@@H]2CC[C@]2(C)[C@@H]([C@@H](C)Cn4nccc4C#N)CC[C@@H]32)C1. The molecule has 1 aromatic rings. The van der Waals surface area contributed by atoms with Crippen LogP contribution in [-0.4, -0.2) is 33.7 Å². The zero-order chi connectivity index (χ0) is 23.2. The van der Waals surface area contributed by atoms with Crippen molar-refractivity contribution in [2.45, 2.75) is 90.7 Å². The molecule has 182 valence electrons. The van der Waals surface area contributed by atoms with E-state index < -0.39 is 5.60 Å². The summed E-state index contributed by atoms with van der Waals surface area (Å²) in [5.41, 5.74) is 0.526. The van der Waals surface area contributed by atoms with Crippen molar-refractivity contribution in [3.05, 3.63) is 18.0 Å². The average molecular weight is 454 g/mol. The zero-order valence-corrected chi connectivity index (χ0v) is 20.9. The van der Waals surface area contributed by atoms with Gasteiger partial charge in [-0.2, -0.15) is 10.4 Å². The number of rotatable bonds is 6. The van der Waals surface area contributed by atoms with Crippen molar-refractivity contribution in [3.63, 3.8) is 0 Å². The third kappa shape index (κ3) is 4.06. The zero-order valence-electron chi connectivity index (χ0n) is 20.9. The van der Waals surface area contributed by atoms with Gasteiger partial charge >= 0.3 is 0 Å². The monoisotopic (exact) mass is 453 g/mol. The van der Waals surface area contributed by atoms with Gasteiger partial charge in [-0.25, -0.2) is 0 Å². The topological polar surface area (TPSA) is 71.1 Å². The molecule has 0 amide bonds. The molecule has 0 aliphatic heterocycles. The van der Waals surface area contributed by atoms with E-state index in [0.29, 0.717) is 36.2 Å². The Morgan fingerprint density at radius 2 is 2.00 bits per heavy atom. The molecule has 0 bridgehead atoms. The summed E-state index contributed by atoms with van der Waals surface area (Å²) in [7, 11) is 0. The number of hydrogen-bond acceptors (Lipinski definition) is 4. The first-order chi connectivity index (χ1) is 15.9. The molecular formula is C28H43N3O2. The number of aromatic nitrogens is 2. The van der Waals surface area contributed by atoms with Crippen LogP contribution in [0.4, 0.5) is 0 Å². The lowest BCUT2D eigenvalue weighted by molar-refractivity contribution is -0.129. The van der Waals surface area contributed by atoms with Crippen molar-refractivity contribution in [2.24, 2.45) is 46.8 Å². The van der Waals surface area contributed by atoms with Gasteiger partial charge in [-0.3, -0.25) is 4.68 Å². The van der Waals surface area contributed by atoms with E-state index in [1.165, 1.54) is 44.9 Å². The van der Waals surface area contributed by atoms with Crippen LogP contribution in [-0.2, 0) is 11.3 Å². The molecule has 4 aliphatic rings. The molecule has 4 aliphatic carbocycles. The summed E-state index contributed by atoms with van der Waals surface area (Å²) < 4.78 is 7.56. The number of ether oxygens (including phenoxy) is 1. The molecule has 0 saturated heterocycles. The molecule has 9 atom stereocenters. The van der Waals surface area contributed by atoms with E-state index in [0.717, 1.165) is 49.0 Å². The third-order valence-corrected chi connectivity index (χ3v) is 10.7. The number of nitrogens with zero attached hydrogens (tertiary/aromatic N) is 3.